The molecule has 1 saturated heterocycles. The molecule has 0 saturated carbocycles. The second kappa shape index (κ2) is 6.88. The molecule has 0 bridgehead atoms. The van der Waals surface area contributed by atoms with Gasteiger partial charge in [0.15, 0.2) is 0 Å². The third-order valence-electron chi connectivity index (χ3n) is 3.57. The largest absolute Gasteiger partial charge is 0.372 e. The van der Waals surface area contributed by atoms with Gasteiger partial charge < -0.3 is 16.0 Å². The van der Waals surface area contributed by atoms with E-state index in [1.807, 2.05) is 7.05 Å². The van der Waals surface area contributed by atoms with Crippen LogP contribution in [0.4, 0.5) is 11.8 Å². The predicted octanol–water partition coefficient (Wildman–Crippen LogP) is 1.76. The van der Waals surface area contributed by atoms with Crippen molar-refractivity contribution in [1.82, 2.24) is 9.97 Å². The van der Waals surface area contributed by atoms with Crippen molar-refractivity contribution < 1.29 is 4.79 Å². The highest BCUT2D eigenvalue weighted by Gasteiger charge is 2.22. The molecule has 0 unspecified atom stereocenters. The average Bonchev–Trinajstić information content (AvgIpc) is 2.46. The number of nitrogens with two attached hydrogens (primary N) is 1. The Morgan fingerprint density at radius 1 is 1.65 bits per heavy atom. The van der Waals surface area contributed by atoms with Crippen LogP contribution in [-0.2, 0) is 4.79 Å². The average molecular weight is 342 g/mol. The van der Waals surface area contributed by atoms with Crippen LogP contribution in [0.5, 0.6) is 0 Å². The van der Waals surface area contributed by atoms with Crippen molar-refractivity contribution in [1.29, 1.82) is 0 Å². The first kappa shape index (κ1) is 15.0. The molecule has 0 aliphatic carbocycles. The second-order valence-electron chi connectivity index (χ2n) is 5.08. The zero-order valence-corrected chi connectivity index (χ0v) is 13.2. The van der Waals surface area contributed by atoms with Crippen LogP contribution >= 0.6 is 15.9 Å². The molecule has 20 heavy (non-hydrogen) atoms. The van der Waals surface area contributed by atoms with Crippen molar-refractivity contribution in [3.63, 3.8) is 0 Å². The number of halogens is 1. The number of nitrogens with zero attached hydrogens (tertiary/aromatic N) is 3. The lowest BCUT2D eigenvalue weighted by atomic mass is 9.93. The summed E-state index contributed by atoms with van der Waals surface area (Å²) in [6, 6.07) is 0. The number of nitrogens with one attached hydrogen (secondary N) is 1. The molecule has 1 amide bonds. The van der Waals surface area contributed by atoms with E-state index in [9.17, 15) is 4.79 Å². The van der Waals surface area contributed by atoms with Gasteiger partial charge in [0.1, 0.15) is 5.82 Å². The van der Waals surface area contributed by atoms with Gasteiger partial charge >= 0.3 is 0 Å². The Kier molecular flexibility index (Phi) is 5.17. The summed E-state index contributed by atoms with van der Waals surface area (Å²) >= 11 is 3.41. The van der Waals surface area contributed by atoms with Crippen LogP contribution in [0.3, 0.4) is 0 Å². The SMILES string of the molecule is CNc1nc(N2CCC[C@@H](CCC(N)=O)C2)ncc1Br. The van der Waals surface area contributed by atoms with Crippen molar-refractivity contribution in [2.75, 3.05) is 30.4 Å². The van der Waals surface area contributed by atoms with Gasteiger partial charge in [0.05, 0.1) is 4.47 Å². The molecule has 2 heterocycles. The number of rotatable bonds is 5. The molecule has 1 atom stereocenters. The summed E-state index contributed by atoms with van der Waals surface area (Å²) in [5, 5.41) is 3.04. The first-order valence-electron chi connectivity index (χ1n) is 6.83. The molecule has 1 aliphatic heterocycles. The lowest BCUT2D eigenvalue weighted by Crippen LogP contribution is -2.37. The molecule has 0 spiro atoms. The highest BCUT2D eigenvalue weighted by atomic mass is 79.9. The molecule has 110 valence electrons. The Morgan fingerprint density at radius 3 is 3.15 bits per heavy atom. The molecular weight excluding hydrogens is 322 g/mol. The second-order valence-corrected chi connectivity index (χ2v) is 5.93. The van der Waals surface area contributed by atoms with Crippen LogP contribution in [0.1, 0.15) is 25.7 Å². The van der Waals surface area contributed by atoms with Crippen molar-refractivity contribution in [2.45, 2.75) is 25.7 Å². The Balaban J connectivity index is 2.03. The smallest absolute Gasteiger partial charge is 0.227 e. The van der Waals surface area contributed by atoms with E-state index < -0.39 is 0 Å². The maximum Gasteiger partial charge on any atom is 0.227 e. The van der Waals surface area contributed by atoms with Gasteiger partial charge in [0.2, 0.25) is 11.9 Å². The Hall–Kier alpha value is -1.37. The van der Waals surface area contributed by atoms with Crippen molar-refractivity contribution >= 4 is 33.6 Å². The third kappa shape index (κ3) is 3.82. The minimum atomic E-state index is -0.223. The summed E-state index contributed by atoms with van der Waals surface area (Å²) in [5.74, 6) is 1.79. The van der Waals surface area contributed by atoms with E-state index in [0.29, 0.717) is 12.3 Å². The van der Waals surface area contributed by atoms with Gasteiger partial charge in [-0.05, 0) is 41.1 Å². The van der Waals surface area contributed by atoms with Gasteiger partial charge in [0.25, 0.3) is 0 Å². The molecule has 1 fully saturated rings. The van der Waals surface area contributed by atoms with Gasteiger partial charge in [-0.2, -0.15) is 4.98 Å². The van der Waals surface area contributed by atoms with Gasteiger partial charge in [-0.3, -0.25) is 4.79 Å². The lowest BCUT2D eigenvalue weighted by molar-refractivity contribution is -0.118. The zero-order chi connectivity index (χ0) is 14.5. The van der Waals surface area contributed by atoms with Crippen LogP contribution in [0.25, 0.3) is 0 Å². The van der Waals surface area contributed by atoms with E-state index in [4.69, 9.17) is 5.73 Å². The first-order chi connectivity index (χ1) is 9.60. The molecule has 0 radical (unpaired) electrons. The number of amides is 1. The standard InChI is InChI=1S/C13H20BrN5O/c1-16-12-10(14)7-17-13(18-12)19-6-2-3-9(8-19)4-5-11(15)20/h7,9H,2-6,8H2,1H3,(H2,15,20)(H,16,17,18)/t9-/m0/s1. The van der Waals surface area contributed by atoms with Crippen LogP contribution in [0.15, 0.2) is 10.7 Å². The number of hydrogen-bond donors (Lipinski definition) is 2. The van der Waals surface area contributed by atoms with E-state index >= 15 is 0 Å². The number of aromatic nitrogens is 2. The molecule has 0 aromatic carbocycles. The molecule has 7 heteroatoms. The number of anilines is 2. The summed E-state index contributed by atoms with van der Waals surface area (Å²) in [7, 11) is 1.84. The highest BCUT2D eigenvalue weighted by Crippen LogP contribution is 2.26. The van der Waals surface area contributed by atoms with E-state index in [0.717, 1.165) is 48.6 Å². The van der Waals surface area contributed by atoms with Gasteiger partial charge in [0, 0.05) is 32.8 Å². The number of piperidine rings is 1. The zero-order valence-electron chi connectivity index (χ0n) is 11.6. The van der Waals surface area contributed by atoms with Crippen LogP contribution in [0.2, 0.25) is 0 Å². The summed E-state index contributed by atoms with van der Waals surface area (Å²) in [4.78, 5) is 22.0. The molecule has 1 aromatic rings. The van der Waals surface area contributed by atoms with E-state index in [1.54, 1.807) is 6.20 Å². The van der Waals surface area contributed by atoms with Crippen molar-refractivity contribution in [3.8, 4) is 0 Å². The summed E-state index contributed by atoms with van der Waals surface area (Å²) in [6.07, 6.45) is 5.31. The number of carbonyl (C=O) groups excluding carboxylic acids is 1. The number of hydrogen-bond acceptors (Lipinski definition) is 5. The summed E-state index contributed by atoms with van der Waals surface area (Å²) in [5.41, 5.74) is 5.22. The van der Waals surface area contributed by atoms with Gasteiger partial charge in [-0.15, -0.1) is 0 Å². The predicted molar refractivity (Wildman–Crippen MR) is 82.6 cm³/mol. The summed E-state index contributed by atoms with van der Waals surface area (Å²) in [6.45, 7) is 1.84. The molecule has 1 aliphatic rings. The Labute approximate surface area is 127 Å². The quantitative estimate of drug-likeness (QED) is 0.852. The lowest BCUT2D eigenvalue weighted by Gasteiger charge is -2.32. The number of primary amides is 1. The molecular formula is C13H20BrN5O. The maximum absolute atomic E-state index is 10.9. The normalized spacial score (nSPS) is 18.9. The van der Waals surface area contributed by atoms with Crippen LogP contribution in [0, 0.1) is 5.92 Å². The van der Waals surface area contributed by atoms with Crippen LogP contribution < -0.4 is 16.0 Å². The molecule has 2 rings (SSSR count). The minimum absolute atomic E-state index is 0.223. The molecule has 1 aromatic heterocycles. The van der Waals surface area contributed by atoms with E-state index in [2.05, 4.69) is 36.1 Å². The third-order valence-corrected chi connectivity index (χ3v) is 4.15. The van der Waals surface area contributed by atoms with Gasteiger partial charge in [-0.1, -0.05) is 0 Å². The van der Waals surface area contributed by atoms with E-state index in [-0.39, 0.29) is 5.91 Å². The fourth-order valence-electron chi connectivity index (χ4n) is 2.51. The maximum atomic E-state index is 10.9. The minimum Gasteiger partial charge on any atom is -0.372 e. The molecule has 3 N–H and O–H groups in total. The fourth-order valence-corrected chi connectivity index (χ4v) is 2.90. The van der Waals surface area contributed by atoms with Crippen molar-refractivity contribution in [2.24, 2.45) is 11.7 Å². The Bertz CT molecular complexity index is 482. The van der Waals surface area contributed by atoms with E-state index in [1.165, 1.54) is 0 Å². The fraction of sp³-hybridized carbons (Fsp3) is 0.615. The molecule has 6 nitrogen and oxygen atoms in total. The van der Waals surface area contributed by atoms with Crippen LogP contribution in [-0.4, -0.2) is 36.0 Å². The van der Waals surface area contributed by atoms with Gasteiger partial charge in [-0.25, -0.2) is 4.98 Å². The topological polar surface area (TPSA) is 84.1 Å². The number of carbonyl (C=O) groups is 1. The first-order valence-corrected chi connectivity index (χ1v) is 7.63. The monoisotopic (exact) mass is 341 g/mol. The summed E-state index contributed by atoms with van der Waals surface area (Å²) < 4.78 is 0.853. The van der Waals surface area contributed by atoms with Crippen molar-refractivity contribution in [3.05, 3.63) is 10.7 Å². The Morgan fingerprint density at radius 2 is 2.45 bits per heavy atom. The highest BCUT2D eigenvalue weighted by molar-refractivity contribution is 9.10.